The number of imidazole rings is 1. The van der Waals surface area contributed by atoms with Gasteiger partial charge in [0, 0.05) is 38.4 Å². The third-order valence-corrected chi connectivity index (χ3v) is 8.97. The first-order valence-corrected chi connectivity index (χ1v) is 12.3. The highest BCUT2D eigenvalue weighted by Crippen LogP contribution is 2.29. The summed E-state index contributed by atoms with van der Waals surface area (Å²) in [5.41, 5.74) is 7.62. The quantitative estimate of drug-likeness (QED) is 0.603. The second-order valence-corrected chi connectivity index (χ2v) is 10.8. The topological polar surface area (TPSA) is 97.4 Å². The van der Waals surface area contributed by atoms with Crippen LogP contribution in [0.3, 0.4) is 0 Å². The molecule has 1 saturated heterocycles. The summed E-state index contributed by atoms with van der Waals surface area (Å²) < 4.78 is 42.7. The third kappa shape index (κ3) is 4.36. The Morgan fingerprint density at radius 1 is 1.06 bits per heavy atom. The predicted molar refractivity (Wildman–Crippen MR) is 118 cm³/mol. The van der Waals surface area contributed by atoms with Crippen molar-refractivity contribution in [3.63, 3.8) is 0 Å². The van der Waals surface area contributed by atoms with Crippen LogP contribution in [-0.2, 0) is 10.0 Å². The zero-order chi connectivity index (χ0) is 22.2. The Bertz CT molecular complexity index is 1140. The van der Waals surface area contributed by atoms with E-state index in [-0.39, 0.29) is 27.2 Å². The molecular formula is C20H25FN6O2S2. The number of nitrogens with two attached hydrogens (primary N) is 1. The molecule has 11 heteroatoms. The molecule has 1 aliphatic rings. The molecular weight excluding hydrogens is 439 g/mol. The first-order chi connectivity index (χ1) is 14.8. The molecule has 0 radical (unpaired) electrons. The minimum Gasteiger partial charge on any atom is -0.375 e. The number of nitrogens with zero attached hydrogens (tertiary/aromatic N) is 5. The Hall–Kier alpha value is -2.34. The van der Waals surface area contributed by atoms with Gasteiger partial charge in [-0.3, -0.25) is 4.90 Å². The molecule has 0 saturated carbocycles. The summed E-state index contributed by atoms with van der Waals surface area (Å²) in [6.45, 7) is 6.14. The van der Waals surface area contributed by atoms with E-state index in [1.165, 1.54) is 22.6 Å². The molecule has 1 unspecified atom stereocenters. The molecule has 4 rings (SSSR count). The standard InChI is InChI=1S/C20H25FN6O2S2/c1-14(16-3-5-17(21)6-4-16)27-13-23-11-18(27)15(2)25-7-9-26(10-8-25)31(28,29)19-12-24-20(22)30-19/h3-6,11-15H,7-10H2,1-2H3,(H2,22,24)/t14-,15?/m1/s1. The lowest BCUT2D eigenvalue weighted by Gasteiger charge is -2.37. The average molecular weight is 465 g/mol. The van der Waals surface area contributed by atoms with Crippen molar-refractivity contribution >= 4 is 26.5 Å². The fourth-order valence-electron chi connectivity index (χ4n) is 3.90. The highest BCUT2D eigenvalue weighted by atomic mass is 32.2. The van der Waals surface area contributed by atoms with Crippen molar-refractivity contribution in [3.8, 4) is 0 Å². The van der Waals surface area contributed by atoms with Gasteiger partial charge in [-0.2, -0.15) is 4.31 Å². The zero-order valence-corrected chi connectivity index (χ0v) is 19.0. The van der Waals surface area contributed by atoms with Gasteiger partial charge < -0.3 is 10.3 Å². The normalized spacial score (nSPS) is 18.2. The van der Waals surface area contributed by atoms with Crippen LogP contribution in [0.25, 0.3) is 0 Å². The number of thiazole rings is 1. The van der Waals surface area contributed by atoms with Gasteiger partial charge in [0.25, 0.3) is 10.0 Å². The number of nitrogen functional groups attached to an aromatic ring is 1. The maximum Gasteiger partial charge on any atom is 0.254 e. The minimum absolute atomic E-state index is 0.000922. The number of benzene rings is 1. The molecule has 0 bridgehead atoms. The van der Waals surface area contributed by atoms with Crippen molar-refractivity contribution < 1.29 is 12.8 Å². The second-order valence-electron chi connectivity index (χ2n) is 7.59. The second kappa shape index (κ2) is 8.65. The van der Waals surface area contributed by atoms with E-state index >= 15 is 0 Å². The van der Waals surface area contributed by atoms with Gasteiger partial charge in [-0.1, -0.05) is 23.5 Å². The van der Waals surface area contributed by atoms with Crippen LogP contribution in [0.2, 0.25) is 0 Å². The fraction of sp³-hybridized carbons (Fsp3) is 0.400. The monoisotopic (exact) mass is 464 g/mol. The fourth-order valence-corrected chi connectivity index (χ4v) is 6.40. The van der Waals surface area contributed by atoms with Crippen molar-refractivity contribution in [2.24, 2.45) is 0 Å². The Balaban J connectivity index is 1.46. The lowest BCUT2D eigenvalue weighted by molar-refractivity contribution is 0.141. The van der Waals surface area contributed by atoms with Gasteiger partial charge in [-0.05, 0) is 31.5 Å². The molecule has 0 amide bonds. The van der Waals surface area contributed by atoms with Crippen LogP contribution in [0.1, 0.15) is 37.2 Å². The molecule has 2 N–H and O–H groups in total. The summed E-state index contributed by atoms with van der Waals surface area (Å²) in [5, 5.41) is 0.245. The summed E-state index contributed by atoms with van der Waals surface area (Å²) in [7, 11) is -3.57. The molecule has 2 aromatic heterocycles. The van der Waals surface area contributed by atoms with Crippen molar-refractivity contribution in [2.75, 3.05) is 31.9 Å². The van der Waals surface area contributed by atoms with Gasteiger partial charge >= 0.3 is 0 Å². The first kappa shape index (κ1) is 21.9. The summed E-state index contributed by atoms with van der Waals surface area (Å²) in [6.07, 6.45) is 4.95. The van der Waals surface area contributed by atoms with E-state index in [1.807, 2.05) is 6.20 Å². The number of rotatable bonds is 6. The number of hydrogen-bond acceptors (Lipinski definition) is 7. The number of anilines is 1. The summed E-state index contributed by atoms with van der Waals surface area (Å²) in [4.78, 5) is 10.4. The average Bonchev–Trinajstić information content (AvgIpc) is 3.43. The molecule has 2 atom stereocenters. The van der Waals surface area contributed by atoms with Crippen molar-refractivity contribution in [1.29, 1.82) is 0 Å². The lowest BCUT2D eigenvalue weighted by Crippen LogP contribution is -2.49. The number of piperazine rings is 1. The minimum atomic E-state index is -3.57. The van der Waals surface area contributed by atoms with E-state index in [0.717, 1.165) is 22.6 Å². The molecule has 1 aliphatic heterocycles. The number of sulfonamides is 1. The number of aromatic nitrogens is 3. The van der Waals surface area contributed by atoms with Crippen LogP contribution >= 0.6 is 11.3 Å². The maximum absolute atomic E-state index is 13.3. The molecule has 8 nitrogen and oxygen atoms in total. The van der Waals surface area contributed by atoms with Crippen LogP contribution < -0.4 is 5.73 Å². The number of halogens is 1. The van der Waals surface area contributed by atoms with Crippen LogP contribution in [0.5, 0.6) is 0 Å². The third-order valence-electron chi connectivity index (χ3n) is 5.81. The highest BCUT2D eigenvalue weighted by molar-refractivity contribution is 7.91. The molecule has 166 valence electrons. The van der Waals surface area contributed by atoms with E-state index in [0.29, 0.717) is 26.2 Å². The van der Waals surface area contributed by atoms with Crippen LogP contribution in [-0.4, -0.2) is 58.3 Å². The van der Waals surface area contributed by atoms with Gasteiger partial charge in [0.05, 0.1) is 24.3 Å². The van der Waals surface area contributed by atoms with Gasteiger partial charge in [0.2, 0.25) is 0 Å². The molecule has 3 aromatic rings. The van der Waals surface area contributed by atoms with Gasteiger partial charge in [0.1, 0.15) is 5.82 Å². The van der Waals surface area contributed by atoms with Crippen LogP contribution in [0.4, 0.5) is 9.52 Å². The highest BCUT2D eigenvalue weighted by Gasteiger charge is 2.32. The van der Waals surface area contributed by atoms with Crippen LogP contribution in [0, 0.1) is 5.82 Å². The van der Waals surface area contributed by atoms with Gasteiger partial charge in [-0.15, -0.1) is 0 Å². The smallest absolute Gasteiger partial charge is 0.254 e. The lowest BCUT2D eigenvalue weighted by atomic mass is 10.1. The van der Waals surface area contributed by atoms with Crippen molar-refractivity contribution in [1.82, 2.24) is 23.7 Å². The number of hydrogen-bond donors (Lipinski definition) is 1. The predicted octanol–water partition coefficient (Wildman–Crippen LogP) is 2.74. The molecule has 0 spiro atoms. The van der Waals surface area contributed by atoms with E-state index in [2.05, 4.69) is 33.3 Å². The Labute approximate surface area is 185 Å². The zero-order valence-electron chi connectivity index (χ0n) is 17.3. The Morgan fingerprint density at radius 2 is 1.74 bits per heavy atom. The van der Waals surface area contributed by atoms with E-state index in [9.17, 15) is 12.8 Å². The van der Waals surface area contributed by atoms with Crippen molar-refractivity contribution in [2.45, 2.75) is 30.1 Å². The largest absolute Gasteiger partial charge is 0.375 e. The summed E-state index contributed by atoms with van der Waals surface area (Å²) in [5.74, 6) is -0.260. The SMILES string of the molecule is CC(c1cncn1[C@H](C)c1ccc(F)cc1)N1CCN(S(=O)(=O)c2cnc(N)s2)CC1. The molecule has 1 aromatic carbocycles. The molecule has 0 aliphatic carbocycles. The molecule has 3 heterocycles. The Morgan fingerprint density at radius 3 is 2.35 bits per heavy atom. The molecule has 1 fully saturated rings. The van der Waals surface area contributed by atoms with E-state index in [4.69, 9.17) is 5.73 Å². The molecule has 31 heavy (non-hydrogen) atoms. The summed E-state index contributed by atoms with van der Waals surface area (Å²) >= 11 is 0.986. The van der Waals surface area contributed by atoms with Crippen LogP contribution in [0.15, 0.2) is 47.2 Å². The van der Waals surface area contributed by atoms with Crippen molar-refractivity contribution in [3.05, 3.63) is 60.1 Å². The van der Waals surface area contributed by atoms with Gasteiger partial charge in [-0.25, -0.2) is 22.8 Å². The van der Waals surface area contributed by atoms with E-state index in [1.54, 1.807) is 18.5 Å². The Kier molecular flexibility index (Phi) is 6.11. The van der Waals surface area contributed by atoms with E-state index < -0.39 is 10.0 Å². The summed E-state index contributed by atoms with van der Waals surface area (Å²) in [6, 6.07) is 6.53. The maximum atomic E-state index is 13.3. The van der Waals surface area contributed by atoms with Gasteiger partial charge in [0.15, 0.2) is 9.34 Å². The first-order valence-electron chi connectivity index (χ1n) is 10.00.